The average Bonchev–Trinajstić information content (AvgIpc) is 2.54. The molecule has 120 valence electrons. The van der Waals surface area contributed by atoms with Gasteiger partial charge in [-0.2, -0.15) is 0 Å². The van der Waals surface area contributed by atoms with Crippen molar-refractivity contribution in [2.24, 2.45) is 0 Å². The summed E-state index contributed by atoms with van der Waals surface area (Å²) in [5, 5.41) is 13.7. The number of rotatable bonds is 6. The molecule has 1 aromatic heterocycles. The lowest BCUT2D eigenvalue weighted by molar-refractivity contribution is 0.0945. The molecule has 0 saturated heterocycles. The third kappa shape index (κ3) is 5.15. The summed E-state index contributed by atoms with van der Waals surface area (Å²) in [6.45, 7) is 0.239. The van der Waals surface area contributed by atoms with Crippen molar-refractivity contribution in [1.29, 1.82) is 0 Å². The van der Waals surface area contributed by atoms with E-state index in [-0.39, 0.29) is 18.8 Å². The van der Waals surface area contributed by atoms with Gasteiger partial charge in [-0.25, -0.2) is 9.78 Å². The Bertz CT molecular complexity index is 691. The summed E-state index contributed by atoms with van der Waals surface area (Å²) in [6, 6.07) is 9.96. The number of benzene rings is 1. The molecule has 0 aliphatic rings. The number of pyridine rings is 1. The fraction of sp³-hybridized carbons (Fsp3) is 0.133. The molecule has 2 aromatic rings. The molecule has 0 radical (unpaired) electrons. The molecule has 3 N–H and O–H groups in total. The zero-order valence-corrected chi connectivity index (χ0v) is 12.7. The summed E-state index contributed by atoms with van der Waals surface area (Å²) in [6.07, 6.45) is 0.322. The van der Waals surface area contributed by atoms with Gasteiger partial charge in [-0.15, -0.1) is 0 Å². The van der Waals surface area contributed by atoms with Crippen molar-refractivity contribution in [3.63, 3.8) is 0 Å². The lowest BCUT2D eigenvalue weighted by Crippen LogP contribution is -2.34. The van der Waals surface area contributed by atoms with Gasteiger partial charge in [-0.3, -0.25) is 4.79 Å². The summed E-state index contributed by atoms with van der Waals surface area (Å²) >= 11 is 5.81. The van der Waals surface area contributed by atoms with Crippen LogP contribution in [0.25, 0.3) is 0 Å². The largest absolute Gasteiger partial charge is 0.465 e. The molecule has 0 bridgehead atoms. The van der Waals surface area contributed by atoms with Gasteiger partial charge in [0.2, 0.25) is 0 Å². The van der Waals surface area contributed by atoms with E-state index < -0.39 is 12.0 Å². The molecule has 0 unspecified atom stereocenters. The Balaban J connectivity index is 2.03. The van der Waals surface area contributed by atoms with Crippen LogP contribution in [0.1, 0.15) is 10.5 Å². The normalized spacial score (nSPS) is 9.96. The molecule has 2 amide bonds. The summed E-state index contributed by atoms with van der Waals surface area (Å²) < 4.78 is 5.64. The molecule has 0 atom stereocenters. The van der Waals surface area contributed by atoms with Gasteiger partial charge in [0.1, 0.15) is 5.75 Å². The fourth-order valence-corrected chi connectivity index (χ4v) is 1.83. The van der Waals surface area contributed by atoms with E-state index in [2.05, 4.69) is 15.6 Å². The average molecular weight is 336 g/mol. The number of carbonyl (C=O) groups is 2. The minimum Gasteiger partial charge on any atom is -0.465 e. The quantitative estimate of drug-likeness (QED) is 0.704. The Morgan fingerprint density at radius 1 is 1.13 bits per heavy atom. The maximum Gasteiger partial charge on any atom is 0.404 e. The first kappa shape index (κ1) is 16.6. The van der Waals surface area contributed by atoms with Gasteiger partial charge >= 0.3 is 6.09 Å². The van der Waals surface area contributed by atoms with E-state index in [0.29, 0.717) is 16.5 Å². The van der Waals surface area contributed by atoms with Crippen LogP contribution < -0.4 is 15.4 Å². The van der Waals surface area contributed by atoms with Crippen LogP contribution in [-0.4, -0.2) is 35.2 Å². The van der Waals surface area contributed by atoms with Crippen molar-refractivity contribution < 1.29 is 19.4 Å². The minimum absolute atomic E-state index is 0.0985. The Labute approximate surface area is 137 Å². The molecular weight excluding hydrogens is 322 g/mol. The van der Waals surface area contributed by atoms with Gasteiger partial charge in [0.25, 0.3) is 5.91 Å². The first-order valence-electron chi connectivity index (χ1n) is 6.69. The van der Waals surface area contributed by atoms with Crippen molar-refractivity contribution in [3.05, 3.63) is 53.3 Å². The van der Waals surface area contributed by atoms with Crippen molar-refractivity contribution >= 4 is 23.6 Å². The lowest BCUT2D eigenvalue weighted by atomic mass is 10.3. The number of halogens is 1. The topological polar surface area (TPSA) is 101 Å². The van der Waals surface area contributed by atoms with Crippen LogP contribution in [-0.2, 0) is 0 Å². The lowest BCUT2D eigenvalue weighted by Gasteiger charge is -2.10. The molecule has 0 spiro atoms. The highest BCUT2D eigenvalue weighted by Crippen LogP contribution is 2.25. The van der Waals surface area contributed by atoms with Crippen molar-refractivity contribution in [2.45, 2.75) is 0 Å². The number of hydrogen-bond donors (Lipinski definition) is 3. The summed E-state index contributed by atoms with van der Waals surface area (Å²) in [5.41, 5.74) is 0.109. The maximum absolute atomic E-state index is 12.1. The fourth-order valence-electron chi connectivity index (χ4n) is 1.70. The van der Waals surface area contributed by atoms with E-state index in [1.165, 1.54) is 6.20 Å². The third-order valence-corrected chi connectivity index (χ3v) is 2.97. The monoisotopic (exact) mass is 335 g/mol. The Morgan fingerprint density at radius 2 is 1.83 bits per heavy atom. The molecule has 0 fully saturated rings. The Kier molecular flexibility index (Phi) is 5.76. The highest BCUT2D eigenvalue weighted by molar-refractivity contribution is 6.30. The molecule has 8 heteroatoms. The summed E-state index contributed by atoms with van der Waals surface area (Å²) in [5.74, 6) is 0.351. The molecule has 7 nitrogen and oxygen atoms in total. The molecule has 0 aliphatic heterocycles. The van der Waals surface area contributed by atoms with E-state index >= 15 is 0 Å². The highest BCUT2D eigenvalue weighted by atomic mass is 35.5. The van der Waals surface area contributed by atoms with Crippen LogP contribution in [0, 0.1) is 0 Å². The predicted molar refractivity (Wildman–Crippen MR) is 84.1 cm³/mol. The van der Waals surface area contributed by atoms with Crippen molar-refractivity contribution in [1.82, 2.24) is 15.6 Å². The number of nitrogens with zero attached hydrogens (tertiary/aromatic N) is 1. The summed E-state index contributed by atoms with van der Waals surface area (Å²) in [7, 11) is 0. The number of aromatic nitrogens is 1. The summed E-state index contributed by atoms with van der Waals surface area (Å²) in [4.78, 5) is 26.4. The molecule has 1 heterocycles. The second kappa shape index (κ2) is 8.00. The SMILES string of the molecule is O=C(O)NCCNC(=O)c1ncccc1Oc1ccc(Cl)cc1. The predicted octanol–water partition coefficient (Wildman–Crippen LogP) is 2.52. The number of amides is 2. The van der Waals surface area contributed by atoms with Gasteiger partial charge < -0.3 is 20.5 Å². The minimum atomic E-state index is -1.15. The van der Waals surface area contributed by atoms with Crippen LogP contribution in [0.2, 0.25) is 5.02 Å². The van der Waals surface area contributed by atoms with E-state index in [1.807, 2.05) is 0 Å². The maximum atomic E-state index is 12.1. The molecular formula is C15H14ClN3O4. The Morgan fingerprint density at radius 3 is 2.52 bits per heavy atom. The van der Waals surface area contributed by atoms with Gasteiger partial charge in [-0.1, -0.05) is 11.6 Å². The zero-order chi connectivity index (χ0) is 16.7. The van der Waals surface area contributed by atoms with E-state index in [1.54, 1.807) is 36.4 Å². The van der Waals surface area contributed by atoms with Gasteiger partial charge in [0.15, 0.2) is 11.4 Å². The van der Waals surface area contributed by atoms with Crippen molar-refractivity contribution in [3.8, 4) is 11.5 Å². The molecule has 2 rings (SSSR count). The van der Waals surface area contributed by atoms with Crippen LogP contribution in [0.3, 0.4) is 0 Å². The number of hydrogen-bond acceptors (Lipinski definition) is 4. The first-order chi connectivity index (χ1) is 11.1. The van der Waals surface area contributed by atoms with E-state index in [9.17, 15) is 9.59 Å². The van der Waals surface area contributed by atoms with Crippen LogP contribution in [0.5, 0.6) is 11.5 Å². The van der Waals surface area contributed by atoms with E-state index in [4.69, 9.17) is 21.4 Å². The molecule has 0 saturated carbocycles. The van der Waals surface area contributed by atoms with Crippen LogP contribution in [0.4, 0.5) is 4.79 Å². The van der Waals surface area contributed by atoms with Gasteiger partial charge in [0, 0.05) is 24.3 Å². The van der Waals surface area contributed by atoms with Gasteiger partial charge in [0.05, 0.1) is 0 Å². The number of carbonyl (C=O) groups excluding carboxylic acids is 1. The first-order valence-corrected chi connectivity index (χ1v) is 7.07. The zero-order valence-electron chi connectivity index (χ0n) is 12.0. The number of carboxylic acid groups (broad SMARTS) is 1. The second-order valence-corrected chi connectivity index (χ2v) is 4.83. The van der Waals surface area contributed by atoms with Crippen molar-refractivity contribution in [2.75, 3.05) is 13.1 Å². The van der Waals surface area contributed by atoms with Crippen LogP contribution in [0.15, 0.2) is 42.6 Å². The second-order valence-electron chi connectivity index (χ2n) is 4.39. The van der Waals surface area contributed by atoms with E-state index in [0.717, 1.165) is 0 Å². The standard InChI is InChI=1S/C15H14ClN3O4/c16-10-3-5-11(6-4-10)23-12-2-1-7-17-13(12)14(20)18-8-9-19-15(21)22/h1-7,19H,8-9H2,(H,18,20)(H,21,22). The van der Waals surface area contributed by atoms with Crippen LogP contribution >= 0.6 is 11.6 Å². The Hall–Kier alpha value is -2.80. The number of nitrogens with one attached hydrogen (secondary N) is 2. The molecule has 0 aliphatic carbocycles. The molecule has 1 aromatic carbocycles. The smallest absolute Gasteiger partial charge is 0.404 e. The highest BCUT2D eigenvalue weighted by Gasteiger charge is 2.14. The molecule has 23 heavy (non-hydrogen) atoms. The third-order valence-electron chi connectivity index (χ3n) is 2.71. The van der Waals surface area contributed by atoms with Gasteiger partial charge in [-0.05, 0) is 36.4 Å². The number of ether oxygens (including phenoxy) is 1.